The normalized spacial score (nSPS) is 11.9. The van der Waals surface area contributed by atoms with Crippen molar-refractivity contribution in [2.75, 3.05) is 24.7 Å². The minimum absolute atomic E-state index is 0.0228. The first-order chi connectivity index (χ1) is 13.0. The fourth-order valence-corrected chi connectivity index (χ4v) is 4.03. The molecular formula is C18H25FN4O2S2. The molecule has 0 saturated heterocycles. The molecule has 148 valence electrons. The Kier molecular flexibility index (Phi) is 8.30. The number of halogens is 1. The summed E-state index contributed by atoms with van der Waals surface area (Å²) in [5.41, 5.74) is 0.726. The van der Waals surface area contributed by atoms with Crippen molar-refractivity contribution in [3.8, 4) is 5.75 Å². The van der Waals surface area contributed by atoms with E-state index in [2.05, 4.69) is 29.4 Å². The number of rotatable bonds is 10. The Hall–Kier alpha value is -1.87. The van der Waals surface area contributed by atoms with Crippen LogP contribution >= 0.6 is 23.1 Å². The number of ether oxygens (including phenoxy) is 1. The Morgan fingerprint density at radius 2 is 2.19 bits per heavy atom. The molecule has 2 rings (SSSR count). The molecule has 0 fully saturated rings. The molecule has 2 aromatic rings. The highest BCUT2D eigenvalue weighted by Gasteiger charge is 2.15. The molecule has 27 heavy (non-hydrogen) atoms. The van der Waals surface area contributed by atoms with Gasteiger partial charge >= 0.3 is 0 Å². The second-order valence-corrected chi connectivity index (χ2v) is 8.19. The van der Waals surface area contributed by atoms with Gasteiger partial charge in [-0.3, -0.25) is 4.79 Å². The molecule has 0 aliphatic carbocycles. The summed E-state index contributed by atoms with van der Waals surface area (Å²) in [5, 5.41) is 12.2. The lowest BCUT2D eigenvalue weighted by molar-refractivity contribution is -0.128. The van der Waals surface area contributed by atoms with Crippen LogP contribution in [0.2, 0.25) is 0 Å². The largest absolute Gasteiger partial charge is 0.494 e. The number of thioether (sulfide) groups is 1. The minimum Gasteiger partial charge on any atom is -0.494 e. The van der Waals surface area contributed by atoms with Crippen molar-refractivity contribution in [3.05, 3.63) is 29.6 Å². The molecular weight excluding hydrogens is 387 g/mol. The van der Waals surface area contributed by atoms with Gasteiger partial charge in [0, 0.05) is 19.1 Å². The highest BCUT2D eigenvalue weighted by atomic mass is 32.2. The number of hydrogen-bond acceptors (Lipinski definition) is 7. The van der Waals surface area contributed by atoms with Crippen molar-refractivity contribution in [1.29, 1.82) is 0 Å². The topological polar surface area (TPSA) is 67.4 Å². The standard InChI is InChI=1S/C18H25FN4O2S2/c1-5-12(3)20-17-21-22-18(27-17)26-11-16(24)23(6-2)10-13-7-8-15(25-4)14(19)9-13/h7-9,12H,5-6,10-11H2,1-4H3,(H,20,21). The Morgan fingerprint density at radius 3 is 2.81 bits per heavy atom. The molecule has 0 bridgehead atoms. The summed E-state index contributed by atoms with van der Waals surface area (Å²) in [5.74, 6) is 0.0138. The van der Waals surface area contributed by atoms with Crippen LogP contribution in [-0.2, 0) is 11.3 Å². The van der Waals surface area contributed by atoms with Crippen LogP contribution in [0.15, 0.2) is 22.5 Å². The third kappa shape index (κ3) is 6.35. The van der Waals surface area contributed by atoms with Crippen molar-refractivity contribution in [2.24, 2.45) is 0 Å². The first-order valence-corrected chi connectivity index (χ1v) is 10.6. The molecule has 1 aromatic heterocycles. The van der Waals surface area contributed by atoms with E-state index in [1.54, 1.807) is 17.0 Å². The molecule has 0 radical (unpaired) electrons. The predicted molar refractivity (Wildman–Crippen MR) is 108 cm³/mol. The van der Waals surface area contributed by atoms with E-state index in [-0.39, 0.29) is 17.4 Å². The third-order valence-electron chi connectivity index (χ3n) is 4.03. The Bertz CT molecular complexity index is 757. The summed E-state index contributed by atoms with van der Waals surface area (Å²) in [6.45, 7) is 6.99. The van der Waals surface area contributed by atoms with Crippen molar-refractivity contribution < 1.29 is 13.9 Å². The van der Waals surface area contributed by atoms with E-state index in [0.29, 0.717) is 19.1 Å². The molecule has 1 N–H and O–H groups in total. The maximum absolute atomic E-state index is 13.8. The van der Waals surface area contributed by atoms with Crippen LogP contribution in [0.3, 0.4) is 0 Å². The van der Waals surface area contributed by atoms with E-state index >= 15 is 0 Å². The number of aromatic nitrogens is 2. The zero-order valence-corrected chi connectivity index (χ0v) is 17.6. The van der Waals surface area contributed by atoms with Gasteiger partial charge in [-0.15, -0.1) is 10.2 Å². The van der Waals surface area contributed by atoms with Gasteiger partial charge < -0.3 is 15.0 Å². The molecule has 1 amide bonds. The number of benzene rings is 1. The van der Waals surface area contributed by atoms with Crippen molar-refractivity contribution in [1.82, 2.24) is 15.1 Å². The number of nitrogens with one attached hydrogen (secondary N) is 1. The van der Waals surface area contributed by atoms with Crippen LogP contribution in [0.5, 0.6) is 5.75 Å². The average Bonchev–Trinajstić information content (AvgIpc) is 3.11. The first kappa shape index (κ1) is 21.4. The van der Waals surface area contributed by atoms with E-state index in [1.807, 2.05) is 6.92 Å². The van der Waals surface area contributed by atoms with Crippen LogP contribution in [0.4, 0.5) is 9.52 Å². The van der Waals surface area contributed by atoms with Gasteiger partial charge in [0.05, 0.1) is 12.9 Å². The minimum atomic E-state index is -0.428. The van der Waals surface area contributed by atoms with Gasteiger partial charge in [-0.1, -0.05) is 36.1 Å². The van der Waals surface area contributed by atoms with Gasteiger partial charge in [0.25, 0.3) is 0 Å². The first-order valence-electron chi connectivity index (χ1n) is 8.79. The highest BCUT2D eigenvalue weighted by molar-refractivity contribution is 8.01. The second kappa shape index (κ2) is 10.5. The molecule has 1 heterocycles. The van der Waals surface area contributed by atoms with Crippen molar-refractivity contribution >= 4 is 34.1 Å². The quantitative estimate of drug-likeness (QED) is 0.594. The van der Waals surface area contributed by atoms with Crippen molar-refractivity contribution in [2.45, 2.75) is 44.1 Å². The molecule has 6 nitrogen and oxygen atoms in total. The summed E-state index contributed by atoms with van der Waals surface area (Å²) < 4.78 is 19.5. The van der Waals surface area contributed by atoms with Crippen LogP contribution in [0, 0.1) is 5.82 Å². The Morgan fingerprint density at radius 1 is 1.41 bits per heavy atom. The van der Waals surface area contributed by atoms with Gasteiger partial charge in [-0.25, -0.2) is 4.39 Å². The highest BCUT2D eigenvalue weighted by Crippen LogP contribution is 2.26. The van der Waals surface area contributed by atoms with Gasteiger partial charge in [0.1, 0.15) is 0 Å². The summed E-state index contributed by atoms with van der Waals surface area (Å²) in [6, 6.07) is 5.07. The number of carbonyl (C=O) groups is 1. The molecule has 9 heteroatoms. The molecule has 1 aromatic carbocycles. The van der Waals surface area contributed by atoms with E-state index in [9.17, 15) is 9.18 Å². The summed E-state index contributed by atoms with van der Waals surface area (Å²) in [6.07, 6.45) is 0.998. The van der Waals surface area contributed by atoms with Crippen LogP contribution in [0.25, 0.3) is 0 Å². The number of nitrogens with zero attached hydrogens (tertiary/aromatic N) is 3. The number of anilines is 1. The number of hydrogen-bond donors (Lipinski definition) is 1. The maximum Gasteiger partial charge on any atom is 0.233 e. The zero-order valence-electron chi connectivity index (χ0n) is 16.0. The van der Waals surface area contributed by atoms with Gasteiger partial charge in [0.15, 0.2) is 15.9 Å². The predicted octanol–water partition coefficient (Wildman–Crippen LogP) is 4.04. The second-order valence-electron chi connectivity index (χ2n) is 5.99. The van der Waals surface area contributed by atoms with Crippen molar-refractivity contribution in [3.63, 3.8) is 0 Å². The van der Waals surface area contributed by atoms with Gasteiger partial charge in [-0.05, 0) is 38.0 Å². The fraction of sp³-hybridized carbons (Fsp3) is 0.500. The lowest BCUT2D eigenvalue weighted by Crippen LogP contribution is -2.31. The molecule has 1 unspecified atom stereocenters. The van der Waals surface area contributed by atoms with Gasteiger partial charge in [0.2, 0.25) is 11.0 Å². The molecule has 1 atom stereocenters. The van der Waals surface area contributed by atoms with E-state index in [0.717, 1.165) is 21.5 Å². The zero-order chi connectivity index (χ0) is 19.8. The Balaban J connectivity index is 1.90. The Labute approximate surface area is 167 Å². The molecule has 0 saturated carbocycles. The van der Waals surface area contributed by atoms with Gasteiger partial charge in [-0.2, -0.15) is 0 Å². The number of amides is 1. The average molecular weight is 413 g/mol. The lowest BCUT2D eigenvalue weighted by Gasteiger charge is -2.21. The summed E-state index contributed by atoms with van der Waals surface area (Å²) in [4.78, 5) is 14.2. The van der Waals surface area contributed by atoms with E-state index in [1.165, 1.54) is 36.3 Å². The maximum atomic E-state index is 13.8. The number of carbonyl (C=O) groups excluding carboxylic acids is 1. The summed E-state index contributed by atoms with van der Waals surface area (Å²) >= 11 is 2.81. The smallest absolute Gasteiger partial charge is 0.233 e. The molecule has 0 aliphatic rings. The monoisotopic (exact) mass is 412 g/mol. The van der Waals surface area contributed by atoms with E-state index < -0.39 is 5.82 Å². The lowest BCUT2D eigenvalue weighted by atomic mass is 10.2. The van der Waals surface area contributed by atoms with Crippen LogP contribution in [0.1, 0.15) is 32.8 Å². The summed E-state index contributed by atoms with van der Waals surface area (Å²) in [7, 11) is 1.43. The fourth-order valence-electron chi connectivity index (χ4n) is 2.26. The third-order valence-corrected chi connectivity index (χ3v) is 6.00. The number of methoxy groups -OCH3 is 1. The SMILES string of the molecule is CCC(C)Nc1nnc(SCC(=O)N(CC)Cc2ccc(OC)c(F)c2)s1. The molecule has 0 aliphatic heterocycles. The molecule has 0 spiro atoms. The van der Waals surface area contributed by atoms with Crippen LogP contribution < -0.4 is 10.1 Å². The van der Waals surface area contributed by atoms with E-state index in [4.69, 9.17) is 4.74 Å². The van der Waals surface area contributed by atoms with Crippen LogP contribution in [-0.4, -0.2) is 46.5 Å².